The third kappa shape index (κ3) is 2.34. The molecule has 0 aromatic heterocycles. The van der Waals surface area contributed by atoms with E-state index in [-0.39, 0.29) is 17.9 Å². The Hall–Kier alpha value is -1.74. The zero-order chi connectivity index (χ0) is 14.1. The molecule has 0 heterocycles. The van der Waals surface area contributed by atoms with E-state index in [2.05, 4.69) is 0 Å². The molecule has 104 valence electrons. The molecule has 0 saturated heterocycles. The number of aliphatic hydroxyl groups excluding tert-OH is 1. The Bertz CT molecular complexity index is 604. The molecule has 3 rings (SSSR count). The molecule has 1 nitrogen and oxygen atoms in total. The zero-order valence-electron chi connectivity index (χ0n) is 11.0. The van der Waals surface area contributed by atoms with Crippen molar-refractivity contribution < 1.29 is 13.9 Å². The van der Waals surface area contributed by atoms with Gasteiger partial charge < -0.3 is 5.11 Å². The molecule has 2 aromatic carbocycles. The highest BCUT2D eigenvalue weighted by Gasteiger charge is 2.29. The quantitative estimate of drug-likeness (QED) is 0.883. The average Bonchev–Trinajstić information content (AvgIpc) is 2.45. The van der Waals surface area contributed by atoms with E-state index >= 15 is 0 Å². The Balaban J connectivity index is 1.87. The summed E-state index contributed by atoms with van der Waals surface area (Å²) in [6, 6.07) is 11.6. The van der Waals surface area contributed by atoms with Gasteiger partial charge in [0.1, 0.15) is 11.6 Å². The minimum absolute atomic E-state index is 0.0796. The lowest BCUT2D eigenvalue weighted by molar-refractivity contribution is 0.0926. The van der Waals surface area contributed by atoms with Gasteiger partial charge in [0.15, 0.2) is 0 Å². The summed E-state index contributed by atoms with van der Waals surface area (Å²) in [4.78, 5) is 0. The van der Waals surface area contributed by atoms with E-state index in [1.165, 1.54) is 18.2 Å². The highest BCUT2D eigenvalue weighted by atomic mass is 19.1. The van der Waals surface area contributed by atoms with Gasteiger partial charge in [-0.1, -0.05) is 30.3 Å². The first-order chi connectivity index (χ1) is 9.66. The Morgan fingerprint density at radius 3 is 2.45 bits per heavy atom. The van der Waals surface area contributed by atoms with Gasteiger partial charge in [-0.15, -0.1) is 0 Å². The van der Waals surface area contributed by atoms with Crippen molar-refractivity contribution in [3.8, 4) is 0 Å². The summed E-state index contributed by atoms with van der Waals surface area (Å²) in [6.07, 6.45) is 1.16. The minimum Gasteiger partial charge on any atom is -0.388 e. The molecule has 0 bridgehead atoms. The van der Waals surface area contributed by atoms with E-state index in [4.69, 9.17) is 0 Å². The number of fused-ring (bicyclic) bond motifs is 1. The lowest BCUT2D eigenvalue weighted by atomic mass is 9.78. The number of aryl methyl sites for hydroxylation is 1. The second kappa shape index (κ2) is 5.33. The van der Waals surface area contributed by atoms with Crippen LogP contribution in [0.5, 0.6) is 0 Å². The predicted octanol–water partition coefficient (Wildman–Crippen LogP) is 3.80. The molecule has 0 radical (unpaired) electrons. The molecule has 0 amide bonds. The molecule has 0 saturated carbocycles. The maximum Gasteiger partial charge on any atom is 0.129 e. The van der Waals surface area contributed by atoms with Gasteiger partial charge in [0.25, 0.3) is 0 Å². The van der Waals surface area contributed by atoms with Gasteiger partial charge in [-0.2, -0.15) is 0 Å². The fourth-order valence-corrected chi connectivity index (χ4v) is 3.01. The van der Waals surface area contributed by atoms with Crippen LogP contribution in [0.1, 0.15) is 29.2 Å². The van der Waals surface area contributed by atoms with Crippen LogP contribution in [0.2, 0.25) is 0 Å². The summed E-state index contributed by atoms with van der Waals surface area (Å²) in [7, 11) is 0. The first kappa shape index (κ1) is 13.3. The molecule has 1 aliphatic carbocycles. The van der Waals surface area contributed by atoms with Gasteiger partial charge >= 0.3 is 0 Å². The van der Waals surface area contributed by atoms with E-state index in [0.717, 1.165) is 24.0 Å². The molecule has 20 heavy (non-hydrogen) atoms. The fraction of sp³-hybridized carbons (Fsp3) is 0.294. The summed E-state index contributed by atoms with van der Waals surface area (Å²) >= 11 is 0. The Morgan fingerprint density at radius 1 is 1.00 bits per heavy atom. The van der Waals surface area contributed by atoms with Crippen LogP contribution in [-0.4, -0.2) is 5.11 Å². The lowest BCUT2D eigenvalue weighted by Crippen LogP contribution is -2.23. The van der Waals surface area contributed by atoms with Crippen LogP contribution in [0.4, 0.5) is 8.78 Å². The standard InChI is InChI=1S/C17H16F2O/c18-15-6-3-7-16(19)14(15)10-12-9-8-11-4-1-2-5-13(11)17(12)20/h1-7,12,17,20H,8-10H2. The molecule has 2 unspecified atom stereocenters. The second-order valence-electron chi connectivity index (χ2n) is 5.35. The summed E-state index contributed by atoms with van der Waals surface area (Å²) in [5, 5.41) is 10.4. The third-order valence-corrected chi connectivity index (χ3v) is 4.13. The molecule has 0 aliphatic heterocycles. The number of rotatable bonds is 2. The number of hydrogen-bond donors (Lipinski definition) is 1. The normalized spacial score (nSPS) is 21.6. The van der Waals surface area contributed by atoms with Crippen molar-refractivity contribution in [2.75, 3.05) is 0 Å². The van der Waals surface area contributed by atoms with E-state index < -0.39 is 17.7 Å². The van der Waals surface area contributed by atoms with Crippen molar-refractivity contribution in [2.24, 2.45) is 5.92 Å². The van der Waals surface area contributed by atoms with Crippen molar-refractivity contribution in [3.05, 3.63) is 70.8 Å². The Kier molecular flexibility index (Phi) is 3.53. The van der Waals surface area contributed by atoms with Crippen LogP contribution < -0.4 is 0 Å². The largest absolute Gasteiger partial charge is 0.388 e. The highest BCUT2D eigenvalue weighted by Crippen LogP contribution is 2.36. The molecule has 1 aliphatic rings. The number of aliphatic hydroxyl groups is 1. The minimum atomic E-state index is -0.654. The van der Waals surface area contributed by atoms with Gasteiger partial charge in [-0.25, -0.2) is 8.78 Å². The maximum atomic E-state index is 13.7. The number of hydrogen-bond acceptors (Lipinski definition) is 1. The lowest BCUT2D eigenvalue weighted by Gasteiger charge is -2.30. The van der Waals surface area contributed by atoms with Crippen molar-refractivity contribution in [1.82, 2.24) is 0 Å². The van der Waals surface area contributed by atoms with Crippen LogP contribution >= 0.6 is 0 Å². The van der Waals surface area contributed by atoms with E-state index in [1.807, 2.05) is 24.3 Å². The Labute approximate surface area is 116 Å². The Morgan fingerprint density at radius 2 is 1.70 bits per heavy atom. The summed E-state index contributed by atoms with van der Waals surface area (Å²) < 4.78 is 27.4. The first-order valence-corrected chi connectivity index (χ1v) is 6.85. The van der Waals surface area contributed by atoms with Gasteiger partial charge in [0.2, 0.25) is 0 Å². The highest BCUT2D eigenvalue weighted by molar-refractivity contribution is 5.32. The first-order valence-electron chi connectivity index (χ1n) is 6.85. The topological polar surface area (TPSA) is 20.2 Å². The van der Waals surface area contributed by atoms with E-state index in [0.29, 0.717) is 0 Å². The average molecular weight is 274 g/mol. The van der Waals surface area contributed by atoms with Gasteiger partial charge in [0, 0.05) is 5.56 Å². The molecule has 1 N–H and O–H groups in total. The number of halogens is 2. The second-order valence-corrected chi connectivity index (χ2v) is 5.35. The third-order valence-electron chi connectivity index (χ3n) is 4.13. The molecule has 0 spiro atoms. The van der Waals surface area contributed by atoms with Crippen LogP contribution in [0.25, 0.3) is 0 Å². The zero-order valence-corrected chi connectivity index (χ0v) is 11.0. The van der Waals surface area contributed by atoms with Gasteiger partial charge in [-0.3, -0.25) is 0 Å². The van der Waals surface area contributed by atoms with Crippen molar-refractivity contribution >= 4 is 0 Å². The van der Waals surface area contributed by atoms with E-state index in [1.54, 1.807) is 0 Å². The summed E-state index contributed by atoms with van der Waals surface area (Å²) in [5.41, 5.74) is 2.10. The van der Waals surface area contributed by atoms with Crippen LogP contribution in [0, 0.1) is 17.6 Å². The SMILES string of the molecule is OC1c2ccccc2CCC1Cc1c(F)cccc1F. The smallest absolute Gasteiger partial charge is 0.129 e. The predicted molar refractivity (Wildman–Crippen MR) is 73.3 cm³/mol. The molecular formula is C17H16F2O. The van der Waals surface area contributed by atoms with Crippen LogP contribution in [0.3, 0.4) is 0 Å². The molecule has 0 fully saturated rings. The maximum absolute atomic E-state index is 13.7. The van der Waals surface area contributed by atoms with Crippen molar-refractivity contribution in [2.45, 2.75) is 25.4 Å². The molecule has 3 heteroatoms. The van der Waals surface area contributed by atoms with Gasteiger partial charge in [-0.05, 0) is 48.4 Å². The van der Waals surface area contributed by atoms with Gasteiger partial charge in [0.05, 0.1) is 6.10 Å². The van der Waals surface area contributed by atoms with Crippen molar-refractivity contribution in [1.29, 1.82) is 0 Å². The molecular weight excluding hydrogens is 258 g/mol. The van der Waals surface area contributed by atoms with Crippen LogP contribution in [-0.2, 0) is 12.8 Å². The molecule has 2 atom stereocenters. The van der Waals surface area contributed by atoms with Crippen LogP contribution in [0.15, 0.2) is 42.5 Å². The molecule has 2 aromatic rings. The number of benzene rings is 2. The van der Waals surface area contributed by atoms with E-state index in [9.17, 15) is 13.9 Å². The summed E-state index contributed by atoms with van der Waals surface area (Å²) in [5.74, 6) is -1.21. The monoisotopic (exact) mass is 274 g/mol. The summed E-state index contributed by atoms with van der Waals surface area (Å²) in [6.45, 7) is 0. The van der Waals surface area contributed by atoms with Crippen molar-refractivity contribution in [3.63, 3.8) is 0 Å². The fourth-order valence-electron chi connectivity index (χ4n) is 3.01.